The van der Waals surface area contributed by atoms with Gasteiger partial charge in [-0.3, -0.25) is 4.98 Å². The molecule has 1 aliphatic rings. The molecule has 94 valence electrons. The topological polar surface area (TPSA) is 42.1 Å². The molecule has 1 fully saturated rings. The number of hydrogen-bond donors (Lipinski definition) is 1. The Morgan fingerprint density at radius 2 is 2.28 bits per heavy atom. The Morgan fingerprint density at radius 3 is 2.94 bits per heavy atom. The standard InChI is InChI=1S/C14H17N3S/c15-8-12-7-14(3-5-16-12)17(13-1-2-13)9-11-4-6-18-10-11/h3-7,10,13H,1-2,8-9,15H2. The van der Waals surface area contributed by atoms with E-state index in [-0.39, 0.29) is 0 Å². The average Bonchev–Trinajstić information content (AvgIpc) is 3.13. The van der Waals surface area contributed by atoms with Crippen molar-refractivity contribution in [3.8, 4) is 0 Å². The number of rotatable bonds is 5. The fraction of sp³-hybridized carbons (Fsp3) is 0.357. The Kier molecular flexibility index (Phi) is 3.30. The molecule has 3 rings (SSSR count). The van der Waals surface area contributed by atoms with E-state index in [0.717, 1.165) is 12.2 Å². The lowest BCUT2D eigenvalue weighted by Crippen LogP contribution is -2.25. The van der Waals surface area contributed by atoms with Crippen LogP contribution in [0.4, 0.5) is 5.69 Å². The molecule has 2 aromatic heterocycles. The number of thiophene rings is 1. The summed E-state index contributed by atoms with van der Waals surface area (Å²) >= 11 is 1.76. The van der Waals surface area contributed by atoms with Crippen LogP contribution in [-0.4, -0.2) is 11.0 Å². The van der Waals surface area contributed by atoms with Crippen LogP contribution in [0, 0.1) is 0 Å². The third-order valence-corrected chi connectivity index (χ3v) is 3.99. The number of pyridine rings is 1. The van der Waals surface area contributed by atoms with Crippen LogP contribution in [0.15, 0.2) is 35.2 Å². The lowest BCUT2D eigenvalue weighted by molar-refractivity contribution is 0.792. The first kappa shape index (κ1) is 11.7. The molecule has 3 nitrogen and oxygen atoms in total. The van der Waals surface area contributed by atoms with Gasteiger partial charge < -0.3 is 10.6 Å². The minimum absolute atomic E-state index is 0.505. The molecule has 0 saturated heterocycles. The maximum Gasteiger partial charge on any atom is 0.0560 e. The van der Waals surface area contributed by atoms with Crippen LogP contribution in [0.1, 0.15) is 24.1 Å². The Morgan fingerprint density at radius 1 is 1.39 bits per heavy atom. The first-order valence-electron chi connectivity index (χ1n) is 6.29. The first-order chi connectivity index (χ1) is 8.86. The van der Waals surface area contributed by atoms with Gasteiger partial charge in [0.15, 0.2) is 0 Å². The van der Waals surface area contributed by atoms with E-state index in [0.29, 0.717) is 12.6 Å². The summed E-state index contributed by atoms with van der Waals surface area (Å²) in [5, 5.41) is 4.36. The van der Waals surface area contributed by atoms with Gasteiger partial charge in [-0.1, -0.05) is 0 Å². The van der Waals surface area contributed by atoms with Gasteiger partial charge in [-0.05, 0) is 47.4 Å². The van der Waals surface area contributed by atoms with E-state index in [1.54, 1.807) is 11.3 Å². The maximum absolute atomic E-state index is 5.67. The van der Waals surface area contributed by atoms with Gasteiger partial charge in [0, 0.05) is 31.0 Å². The summed E-state index contributed by atoms with van der Waals surface area (Å²) in [7, 11) is 0. The van der Waals surface area contributed by atoms with Crippen molar-refractivity contribution in [3.63, 3.8) is 0 Å². The molecule has 0 atom stereocenters. The third kappa shape index (κ3) is 2.54. The zero-order chi connectivity index (χ0) is 12.4. The van der Waals surface area contributed by atoms with Crippen LogP contribution in [-0.2, 0) is 13.1 Å². The van der Waals surface area contributed by atoms with Crippen molar-refractivity contribution in [1.29, 1.82) is 0 Å². The molecule has 0 amide bonds. The molecule has 0 aromatic carbocycles. The summed E-state index contributed by atoms with van der Waals surface area (Å²) in [6.07, 6.45) is 4.45. The second-order valence-corrected chi connectivity index (χ2v) is 5.48. The van der Waals surface area contributed by atoms with Crippen molar-refractivity contribution in [2.24, 2.45) is 5.73 Å². The van der Waals surface area contributed by atoms with Crippen LogP contribution >= 0.6 is 11.3 Å². The molecule has 18 heavy (non-hydrogen) atoms. The van der Waals surface area contributed by atoms with Gasteiger partial charge in [0.05, 0.1) is 5.69 Å². The normalized spacial score (nSPS) is 14.7. The minimum Gasteiger partial charge on any atom is -0.364 e. The van der Waals surface area contributed by atoms with E-state index in [1.807, 2.05) is 6.20 Å². The van der Waals surface area contributed by atoms with Gasteiger partial charge in [-0.15, -0.1) is 0 Å². The van der Waals surface area contributed by atoms with Gasteiger partial charge in [0.25, 0.3) is 0 Å². The number of anilines is 1. The Hall–Kier alpha value is -1.39. The second kappa shape index (κ2) is 5.08. The van der Waals surface area contributed by atoms with Crippen molar-refractivity contribution in [2.45, 2.75) is 32.0 Å². The molecule has 0 radical (unpaired) electrons. The van der Waals surface area contributed by atoms with Gasteiger partial charge in [-0.2, -0.15) is 11.3 Å². The van der Waals surface area contributed by atoms with Crippen LogP contribution < -0.4 is 10.6 Å². The lowest BCUT2D eigenvalue weighted by atomic mass is 10.2. The molecule has 1 saturated carbocycles. The van der Waals surface area contributed by atoms with E-state index in [2.05, 4.69) is 38.8 Å². The highest BCUT2D eigenvalue weighted by Gasteiger charge is 2.29. The fourth-order valence-corrected chi connectivity index (χ4v) is 2.81. The molecule has 0 spiro atoms. The largest absolute Gasteiger partial charge is 0.364 e. The molecule has 4 heteroatoms. The molecule has 0 bridgehead atoms. The Labute approximate surface area is 111 Å². The summed E-state index contributed by atoms with van der Waals surface area (Å²) in [5.41, 5.74) is 9.27. The number of aromatic nitrogens is 1. The monoisotopic (exact) mass is 259 g/mol. The molecular formula is C14H17N3S. The quantitative estimate of drug-likeness (QED) is 0.897. The molecule has 2 heterocycles. The third-order valence-electron chi connectivity index (χ3n) is 3.26. The summed E-state index contributed by atoms with van der Waals surface area (Å²) in [6, 6.07) is 7.09. The van der Waals surface area contributed by atoms with Gasteiger partial charge in [-0.25, -0.2) is 0 Å². The van der Waals surface area contributed by atoms with Crippen molar-refractivity contribution in [2.75, 3.05) is 4.90 Å². The van der Waals surface area contributed by atoms with E-state index in [1.165, 1.54) is 24.1 Å². The lowest BCUT2D eigenvalue weighted by Gasteiger charge is -2.24. The zero-order valence-corrected chi connectivity index (χ0v) is 11.1. The summed E-state index contributed by atoms with van der Waals surface area (Å²) in [4.78, 5) is 6.74. The molecule has 2 N–H and O–H groups in total. The van der Waals surface area contributed by atoms with Crippen LogP contribution in [0.3, 0.4) is 0 Å². The highest BCUT2D eigenvalue weighted by atomic mass is 32.1. The Bertz CT molecular complexity index is 506. The highest BCUT2D eigenvalue weighted by Crippen LogP contribution is 2.33. The van der Waals surface area contributed by atoms with Crippen LogP contribution in [0.5, 0.6) is 0 Å². The zero-order valence-electron chi connectivity index (χ0n) is 10.2. The van der Waals surface area contributed by atoms with Gasteiger partial charge in [0.2, 0.25) is 0 Å². The van der Waals surface area contributed by atoms with E-state index >= 15 is 0 Å². The van der Waals surface area contributed by atoms with E-state index < -0.39 is 0 Å². The van der Waals surface area contributed by atoms with E-state index in [4.69, 9.17) is 5.73 Å². The Balaban J connectivity index is 1.84. The smallest absolute Gasteiger partial charge is 0.0560 e. The minimum atomic E-state index is 0.505. The second-order valence-electron chi connectivity index (χ2n) is 4.70. The van der Waals surface area contributed by atoms with Crippen LogP contribution in [0.25, 0.3) is 0 Å². The summed E-state index contributed by atoms with van der Waals surface area (Å²) < 4.78 is 0. The predicted molar refractivity (Wildman–Crippen MR) is 75.7 cm³/mol. The van der Waals surface area contributed by atoms with Crippen molar-refractivity contribution >= 4 is 17.0 Å². The first-order valence-corrected chi connectivity index (χ1v) is 7.24. The van der Waals surface area contributed by atoms with E-state index in [9.17, 15) is 0 Å². The predicted octanol–water partition coefficient (Wildman–Crippen LogP) is 2.77. The highest BCUT2D eigenvalue weighted by molar-refractivity contribution is 7.07. The molecule has 0 unspecified atom stereocenters. The molecule has 1 aliphatic carbocycles. The van der Waals surface area contributed by atoms with Gasteiger partial charge in [0.1, 0.15) is 0 Å². The van der Waals surface area contributed by atoms with Gasteiger partial charge >= 0.3 is 0 Å². The maximum atomic E-state index is 5.67. The molecular weight excluding hydrogens is 242 g/mol. The summed E-state index contributed by atoms with van der Waals surface area (Å²) in [5.74, 6) is 0. The number of nitrogens with two attached hydrogens (primary N) is 1. The van der Waals surface area contributed by atoms with Crippen LogP contribution in [0.2, 0.25) is 0 Å². The molecule has 2 aromatic rings. The number of nitrogens with zero attached hydrogens (tertiary/aromatic N) is 2. The van der Waals surface area contributed by atoms with Crippen molar-refractivity contribution in [1.82, 2.24) is 4.98 Å². The average molecular weight is 259 g/mol. The number of hydrogen-bond acceptors (Lipinski definition) is 4. The van der Waals surface area contributed by atoms with Crippen molar-refractivity contribution in [3.05, 3.63) is 46.4 Å². The molecule has 0 aliphatic heterocycles. The van der Waals surface area contributed by atoms with Crippen molar-refractivity contribution < 1.29 is 0 Å². The fourth-order valence-electron chi connectivity index (χ4n) is 2.15. The summed E-state index contributed by atoms with van der Waals surface area (Å²) in [6.45, 7) is 1.49. The SMILES string of the molecule is NCc1cc(N(Cc2ccsc2)C2CC2)ccn1.